The molecule has 0 aromatic heterocycles. The number of nitrogens with two attached hydrogens (primary N) is 1. The van der Waals surface area contributed by atoms with E-state index >= 15 is 0 Å². The van der Waals surface area contributed by atoms with Gasteiger partial charge in [-0.25, -0.2) is 4.39 Å². The van der Waals surface area contributed by atoms with Crippen LogP contribution in [0.2, 0.25) is 0 Å². The summed E-state index contributed by atoms with van der Waals surface area (Å²) in [5, 5.41) is 0. The van der Waals surface area contributed by atoms with E-state index in [1.54, 1.807) is 6.07 Å². The molecule has 3 rings (SSSR count). The summed E-state index contributed by atoms with van der Waals surface area (Å²) in [4.78, 5) is 13.4. The molecule has 1 amide bonds. The van der Waals surface area contributed by atoms with Gasteiger partial charge in [-0.3, -0.25) is 9.69 Å². The number of rotatable bonds is 7. The van der Waals surface area contributed by atoms with Gasteiger partial charge in [0, 0.05) is 12.6 Å². The van der Waals surface area contributed by atoms with Crippen LogP contribution in [0, 0.1) is 5.82 Å². The smallest absolute Gasteiger partial charge is 0.419 e. The van der Waals surface area contributed by atoms with E-state index in [-0.39, 0.29) is 24.6 Å². The van der Waals surface area contributed by atoms with E-state index in [0.29, 0.717) is 30.9 Å². The number of aryl methyl sites for hydroxylation is 1. The third kappa shape index (κ3) is 4.92. The molecule has 0 saturated carbocycles. The molecular weight excluding hydrogens is 416 g/mol. The Hall–Kier alpha value is -2.81. The molecule has 9 heteroatoms. The maximum Gasteiger partial charge on any atom is 0.419 e. The van der Waals surface area contributed by atoms with E-state index in [9.17, 15) is 22.4 Å². The van der Waals surface area contributed by atoms with Gasteiger partial charge >= 0.3 is 6.18 Å². The fourth-order valence-electron chi connectivity index (χ4n) is 4.09. The molecule has 0 aliphatic carbocycles. The van der Waals surface area contributed by atoms with Gasteiger partial charge in [-0.2, -0.15) is 13.2 Å². The number of ether oxygens (including phenoxy) is 2. The Labute approximate surface area is 177 Å². The lowest BCUT2D eigenvalue weighted by molar-refractivity contribution is -0.140. The Morgan fingerprint density at radius 2 is 1.87 bits per heavy atom. The first-order valence-electron chi connectivity index (χ1n) is 9.77. The summed E-state index contributed by atoms with van der Waals surface area (Å²) in [5.41, 5.74) is 5.93. The first kappa shape index (κ1) is 22.9. The quantitative estimate of drug-likeness (QED) is 0.664. The summed E-state index contributed by atoms with van der Waals surface area (Å²) in [6.07, 6.45) is -3.77. The number of nitrogens with zero attached hydrogens (tertiary/aromatic N) is 1. The summed E-state index contributed by atoms with van der Waals surface area (Å²) < 4.78 is 64.4. The van der Waals surface area contributed by atoms with E-state index < -0.39 is 23.5 Å². The standard InChI is InChI=1S/C22H24F4N2O3/c1-30-18-10-14-8-9-28(12-20(27)29)17(15(14)11-19(18)31-2)7-6-13-4-3-5-16(21(13)23)22(24,25)26/h3-5,10-11,17H,6-9,12H2,1-2H3,(H2,27,29)/t17-/m0/s1. The van der Waals surface area contributed by atoms with Crippen LogP contribution in [-0.2, 0) is 23.8 Å². The summed E-state index contributed by atoms with van der Waals surface area (Å²) in [6.45, 7) is 0.519. The molecule has 5 nitrogen and oxygen atoms in total. The van der Waals surface area contributed by atoms with E-state index in [1.165, 1.54) is 26.4 Å². The molecule has 0 unspecified atom stereocenters. The lowest BCUT2D eigenvalue weighted by Crippen LogP contribution is -2.41. The predicted molar refractivity (Wildman–Crippen MR) is 106 cm³/mol. The van der Waals surface area contributed by atoms with Crippen molar-refractivity contribution in [3.63, 3.8) is 0 Å². The minimum Gasteiger partial charge on any atom is -0.493 e. The van der Waals surface area contributed by atoms with Crippen molar-refractivity contribution in [3.8, 4) is 11.5 Å². The molecule has 0 radical (unpaired) electrons. The second-order valence-electron chi connectivity index (χ2n) is 7.42. The number of amides is 1. The monoisotopic (exact) mass is 440 g/mol. The molecule has 1 aliphatic heterocycles. The number of methoxy groups -OCH3 is 2. The van der Waals surface area contributed by atoms with Gasteiger partial charge in [0.05, 0.1) is 26.3 Å². The van der Waals surface area contributed by atoms with Crippen molar-refractivity contribution in [1.82, 2.24) is 4.90 Å². The normalized spacial score (nSPS) is 16.6. The Balaban J connectivity index is 1.95. The van der Waals surface area contributed by atoms with E-state index in [4.69, 9.17) is 15.2 Å². The Bertz CT molecular complexity index is 963. The Kier molecular flexibility index (Phi) is 6.74. The van der Waals surface area contributed by atoms with Gasteiger partial charge in [-0.05, 0) is 54.2 Å². The first-order valence-corrected chi connectivity index (χ1v) is 9.77. The summed E-state index contributed by atoms with van der Waals surface area (Å²) in [7, 11) is 3.03. The largest absolute Gasteiger partial charge is 0.493 e. The number of carbonyl (C=O) groups is 1. The molecule has 1 atom stereocenters. The molecule has 1 aliphatic rings. The third-order valence-corrected chi connectivity index (χ3v) is 5.54. The predicted octanol–water partition coefficient (Wildman–Crippen LogP) is 3.88. The summed E-state index contributed by atoms with van der Waals surface area (Å²) >= 11 is 0. The van der Waals surface area contributed by atoms with Gasteiger partial charge in [0.15, 0.2) is 11.5 Å². The maximum absolute atomic E-state index is 14.5. The molecule has 1 heterocycles. The zero-order valence-corrected chi connectivity index (χ0v) is 17.3. The molecule has 2 aromatic rings. The van der Waals surface area contributed by atoms with Crippen LogP contribution in [0.25, 0.3) is 0 Å². The highest BCUT2D eigenvalue weighted by atomic mass is 19.4. The van der Waals surface area contributed by atoms with Crippen molar-refractivity contribution in [2.45, 2.75) is 31.5 Å². The SMILES string of the molecule is COc1cc2c(cc1OC)[C@H](CCc1cccc(C(F)(F)F)c1F)N(CC(N)=O)CC2. The highest BCUT2D eigenvalue weighted by Gasteiger charge is 2.35. The Morgan fingerprint density at radius 3 is 2.48 bits per heavy atom. The van der Waals surface area contributed by atoms with Crippen molar-refractivity contribution in [1.29, 1.82) is 0 Å². The lowest BCUT2D eigenvalue weighted by atomic mass is 9.88. The number of halogens is 4. The molecule has 2 N–H and O–H groups in total. The van der Waals surface area contributed by atoms with E-state index in [0.717, 1.165) is 17.2 Å². The van der Waals surface area contributed by atoms with Crippen LogP contribution in [0.15, 0.2) is 30.3 Å². The van der Waals surface area contributed by atoms with Crippen LogP contribution >= 0.6 is 0 Å². The molecule has 168 valence electrons. The zero-order chi connectivity index (χ0) is 22.8. The highest BCUT2D eigenvalue weighted by Crippen LogP contribution is 2.40. The highest BCUT2D eigenvalue weighted by molar-refractivity contribution is 5.76. The van der Waals surface area contributed by atoms with Gasteiger partial charge in [0.2, 0.25) is 5.91 Å². The number of fused-ring (bicyclic) bond motifs is 1. The second kappa shape index (κ2) is 9.13. The van der Waals surface area contributed by atoms with Crippen molar-refractivity contribution in [2.24, 2.45) is 5.73 Å². The fourth-order valence-corrected chi connectivity index (χ4v) is 4.09. The van der Waals surface area contributed by atoms with Crippen LogP contribution < -0.4 is 15.2 Å². The number of primary amides is 1. The van der Waals surface area contributed by atoms with Crippen LogP contribution in [-0.4, -0.2) is 38.1 Å². The molecule has 0 saturated heterocycles. The average molecular weight is 440 g/mol. The average Bonchev–Trinajstić information content (AvgIpc) is 2.71. The zero-order valence-electron chi connectivity index (χ0n) is 17.3. The second-order valence-corrected chi connectivity index (χ2v) is 7.42. The van der Waals surface area contributed by atoms with Crippen molar-refractivity contribution >= 4 is 5.91 Å². The molecular formula is C22H24F4N2O3. The van der Waals surface area contributed by atoms with Gasteiger partial charge in [0.25, 0.3) is 0 Å². The van der Waals surface area contributed by atoms with Gasteiger partial charge in [0.1, 0.15) is 5.82 Å². The van der Waals surface area contributed by atoms with Crippen molar-refractivity contribution in [3.05, 3.63) is 58.4 Å². The van der Waals surface area contributed by atoms with E-state index in [1.807, 2.05) is 11.0 Å². The molecule has 0 bridgehead atoms. The topological polar surface area (TPSA) is 64.8 Å². The summed E-state index contributed by atoms with van der Waals surface area (Å²) in [6, 6.07) is 6.59. The fraction of sp³-hybridized carbons (Fsp3) is 0.409. The van der Waals surface area contributed by atoms with Gasteiger partial charge in [-0.15, -0.1) is 0 Å². The Morgan fingerprint density at radius 1 is 1.19 bits per heavy atom. The number of alkyl halides is 3. The number of hydrogen-bond donors (Lipinski definition) is 1. The third-order valence-electron chi connectivity index (χ3n) is 5.54. The number of benzene rings is 2. The minimum atomic E-state index is -4.76. The van der Waals surface area contributed by atoms with Gasteiger partial charge in [-0.1, -0.05) is 12.1 Å². The van der Waals surface area contributed by atoms with Crippen LogP contribution in [0.5, 0.6) is 11.5 Å². The van der Waals surface area contributed by atoms with Crippen LogP contribution in [0.4, 0.5) is 17.6 Å². The van der Waals surface area contributed by atoms with E-state index in [2.05, 4.69) is 0 Å². The van der Waals surface area contributed by atoms with Crippen LogP contribution in [0.3, 0.4) is 0 Å². The molecule has 0 fully saturated rings. The molecule has 2 aromatic carbocycles. The van der Waals surface area contributed by atoms with Crippen LogP contribution in [0.1, 0.15) is 34.7 Å². The summed E-state index contributed by atoms with van der Waals surface area (Å²) in [5.74, 6) is -0.719. The number of carbonyl (C=O) groups excluding carboxylic acids is 1. The lowest BCUT2D eigenvalue weighted by Gasteiger charge is -2.37. The first-order chi connectivity index (χ1) is 14.7. The van der Waals surface area contributed by atoms with Gasteiger partial charge < -0.3 is 15.2 Å². The maximum atomic E-state index is 14.5. The van der Waals surface area contributed by atoms with Crippen molar-refractivity contribution in [2.75, 3.05) is 27.3 Å². The minimum absolute atomic E-state index is 0.0104. The molecule has 0 spiro atoms. The van der Waals surface area contributed by atoms with Crippen molar-refractivity contribution < 1.29 is 31.8 Å². The molecule has 31 heavy (non-hydrogen) atoms. The number of hydrogen-bond acceptors (Lipinski definition) is 4.